The van der Waals surface area contributed by atoms with E-state index in [1.54, 1.807) is 63.8 Å². The van der Waals surface area contributed by atoms with Crippen molar-refractivity contribution in [3.63, 3.8) is 0 Å². The van der Waals surface area contributed by atoms with Gasteiger partial charge < -0.3 is 30.6 Å². The van der Waals surface area contributed by atoms with Crippen molar-refractivity contribution in [1.29, 1.82) is 0 Å². The molecular formula is C19H25IN4O4. The number of aliphatic imine (C=N–C) groups is 1. The molecule has 9 heteroatoms. The number of carbonyl (C=O) groups excluding carboxylic acids is 1. The van der Waals surface area contributed by atoms with Crippen LogP contribution in [-0.2, 0) is 0 Å². The lowest BCUT2D eigenvalue weighted by molar-refractivity contribution is 0.0955. The van der Waals surface area contributed by atoms with Gasteiger partial charge in [-0.05, 0) is 36.4 Å². The lowest BCUT2D eigenvalue weighted by Gasteiger charge is -2.11. The summed E-state index contributed by atoms with van der Waals surface area (Å²) in [5.41, 5.74) is 7.14. The first-order valence-electron chi connectivity index (χ1n) is 8.28. The Kier molecular flexibility index (Phi) is 9.93. The van der Waals surface area contributed by atoms with Gasteiger partial charge in [0, 0.05) is 23.9 Å². The van der Waals surface area contributed by atoms with Gasteiger partial charge in [0.05, 0.1) is 27.9 Å². The maximum Gasteiger partial charge on any atom is 0.251 e. The van der Waals surface area contributed by atoms with Crippen molar-refractivity contribution in [3.8, 4) is 17.2 Å². The van der Waals surface area contributed by atoms with Gasteiger partial charge >= 0.3 is 0 Å². The van der Waals surface area contributed by atoms with Crippen LogP contribution in [-0.4, -0.2) is 46.3 Å². The van der Waals surface area contributed by atoms with E-state index in [9.17, 15) is 4.79 Å². The number of nitrogens with zero attached hydrogens (tertiary/aromatic N) is 1. The van der Waals surface area contributed by atoms with Crippen molar-refractivity contribution in [2.75, 3.05) is 39.7 Å². The predicted molar refractivity (Wildman–Crippen MR) is 120 cm³/mol. The molecular weight excluding hydrogens is 475 g/mol. The average molecular weight is 500 g/mol. The van der Waals surface area contributed by atoms with E-state index in [1.165, 1.54) is 0 Å². The Hall–Kier alpha value is -2.69. The van der Waals surface area contributed by atoms with Gasteiger partial charge in [-0.1, -0.05) is 0 Å². The molecule has 2 aromatic rings. The van der Waals surface area contributed by atoms with Crippen LogP contribution in [0, 0.1) is 0 Å². The highest BCUT2D eigenvalue weighted by molar-refractivity contribution is 14.0. The smallest absolute Gasteiger partial charge is 0.251 e. The molecule has 0 unspecified atom stereocenters. The monoisotopic (exact) mass is 500 g/mol. The van der Waals surface area contributed by atoms with Gasteiger partial charge in [-0.2, -0.15) is 0 Å². The number of halogens is 1. The standard InChI is InChI=1S/C19H24N4O4.HI/c1-25-15-7-4-13(5-8-15)18(24)21-10-11-22-19(20)23-14-6-9-16(26-2)17(12-14)27-3;/h4-9,12H,10-11H2,1-3H3,(H,21,24)(H3,20,22,23);1H. The fraction of sp³-hybridized carbons (Fsp3) is 0.263. The van der Waals surface area contributed by atoms with Gasteiger partial charge in [0.25, 0.3) is 5.91 Å². The molecule has 0 bridgehead atoms. The fourth-order valence-electron chi connectivity index (χ4n) is 2.29. The maximum absolute atomic E-state index is 12.0. The van der Waals surface area contributed by atoms with Crippen LogP contribution in [0.5, 0.6) is 17.2 Å². The van der Waals surface area contributed by atoms with Crippen LogP contribution in [0.4, 0.5) is 5.69 Å². The summed E-state index contributed by atoms with van der Waals surface area (Å²) in [6, 6.07) is 12.2. The molecule has 0 aliphatic rings. The minimum absolute atomic E-state index is 0. The predicted octanol–water partition coefficient (Wildman–Crippen LogP) is 2.49. The summed E-state index contributed by atoms with van der Waals surface area (Å²) in [4.78, 5) is 16.2. The van der Waals surface area contributed by atoms with Crippen LogP contribution in [0.15, 0.2) is 47.5 Å². The lowest BCUT2D eigenvalue weighted by Crippen LogP contribution is -2.28. The first kappa shape index (κ1) is 23.3. The largest absolute Gasteiger partial charge is 0.497 e. The summed E-state index contributed by atoms with van der Waals surface area (Å²) in [7, 11) is 4.71. The van der Waals surface area contributed by atoms with E-state index in [0.717, 1.165) is 5.69 Å². The van der Waals surface area contributed by atoms with E-state index in [1.807, 2.05) is 0 Å². The number of anilines is 1. The van der Waals surface area contributed by atoms with Crippen molar-refractivity contribution < 1.29 is 19.0 Å². The number of amides is 1. The highest BCUT2D eigenvalue weighted by Crippen LogP contribution is 2.29. The van der Waals surface area contributed by atoms with Crippen molar-refractivity contribution in [1.82, 2.24) is 5.32 Å². The Morgan fingerprint density at radius 2 is 1.68 bits per heavy atom. The number of ether oxygens (including phenoxy) is 3. The zero-order chi connectivity index (χ0) is 19.6. The normalized spacial score (nSPS) is 10.5. The van der Waals surface area contributed by atoms with Crippen molar-refractivity contribution in [2.24, 2.45) is 10.7 Å². The topological polar surface area (TPSA) is 107 Å². The zero-order valence-corrected chi connectivity index (χ0v) is 18.4. The van der Waals surface area contributed by atoms with E-state index in [2.05, 4.69) is 15.6 Å². The van der Waals surface area contributed by atoms with Crippen LogP contribution < -0.4 is 30.6 Å². The van der Waals surface area contributed by atoms with Crippen LogP contribution in [0.25, 0.3) is 0 Å². The van der Waals surface area contributed by atoms with E-state index in [-0.39, 0.29) is 35.8 Å². The second-order valence-corrected chi connectivity index (χ2v) is 5.45. The number of nitrogens with one attached hydrogen (secondary N) is 2. The first-order valence-corrected chi connectivity index (χ1v) is 8.28. The third-order valence-corrected chi connectivity index (χ3v) is 3.69. The quantitative estimate of drug-likeness (QED) is 0.223. The summed E-state index contributed by atoms with van der Waals surface area (Å²) >= 11 is 0. The molecule has 28 heavy (non-hydrogen) atoms. The Bertz CT molecular complexity index is 797. The van der Waals surface area contributed by atoms with Crippen molar-refractivity contribution in [3.05, 3.63) is 48.0 Å². The molecule has 0 heterocycles. The van der Waals surface area contributed by atoms with Crippen LogP contribution in [0.3, 0.4) is 0 Å². The number of rotatable bonds is 8. The summed E-state index contributed by atoms with van der Waals surface area (Å²) in [5, 5.41) is 5.75. The third-order valence-electron chi connectivity index (χ3n) is 3.69. The Labute approximate surface area is 181 Å². The van der Waals surface area contributed by atoms with Crippen LogP contribution >= 0.6 is 24.0 Å². The number of benzene rings is 2. The number of hydrogen-bond donors (Lipinski definition) is 3. The zero-order valence-electron chi connectivity index (χ0n) is 16.0. The fourth-order valence-corrected chi connectivity index (χ4v) is 2.29. The van der Waals surface area contributed by atoms with Crippen LogP contribution in [0.2, 0.25) is 0 Å². The Morgan fingerprint density at radius 1 is 1.00 bits per heavy atom. The molecule has 152 valence electrons. The number of methoxy groups -OCH3 is 3. The first-order chi connectivity index (χ1) is 13.1. The summed E-state index contributed by atoms with van der Waals surface area (Å²) in [5.74, 6) is 1.97. The SMILES string of the molecule is COc1ccc(C(=O)NCCN=C(N)Nc2ccc(OC)c(OC)c2)cc1.I. The molecule has 0 aliphatic carbocycles. The number of carbonyl (C=O) groups is 1. The molecule has 1 amide bonds. The number of guanidine groups is 1. The molecule has 0 aliphatic heterocycles. The lowest BCUT2D eigenvalue weighted by atomic mass is 10.2. The molecule has 4 N–H and O–H groups in total. The van der Waals surface area contributed by atoms with Gasteiger partial charge in [-0.15, -0.1) is 24.0 Å². The molecule has 2 aromatic carbocycles. The maximum atomic E-state index is 12.0. The Morgan fingerprint density at radius 3 is 2.29 bits per heavy atom. The molecule has 0 atom stereocenters. The molecule has 8 nitrogen and oxygen atoms in total. The molecule has 0 saturated carbocycles. The summed E-state index contributed by atoms with van der Waals surface area (Å²) in [6.45, 7) is 0.702. The minimum Gasteiger partial charge on any atom is -0.497 e. The summed E-state index contributed by atoms with van der Waals surface area (Å²) in [6.07, 6.45) is 0. The van der Waals surface area contributed by atoms with E-state index < -0.39 is 0 Å². The van der Waals surface area contributed by atoms with E-state index >= 15 is 0 Å². The van der Waals surface area contributed by atoms with Gasteiger partial charge in [0.15, 0.2) is 17.5 Å². The van der Waals surface area contributed by atoms with E-state index in [0.29, 0.717) is 35.9 Å². The highest BCUT2D eigenvalue weighted by atomic mass is 127. The van der Waals surface area contributed by atoms with Gasteiger partial charge in [0.2, 0.25) is 0 Å². The molecule has 0 spiro atoms. The van der Waals surface area contributed by atoms with Crippen LogP contribution in [0.1, 0.15) is 10.4 Å². The molecule has 0 saturated heterocycles. The van der Waals surface area contributed by atoms with Gasteiger partial charge in [0.1, 0.15) is 5.75 Å². The van der Waals surface area contributed by atoms with Gasteiger partial charge in [-0.3, -0.25) is 9.79 Å². The second-order valence-electron chi connectivity index (χ2n) is 5.45. The average Bonchev–Trinajstić information content (AvgIpc) is 2.71. The molecule has 0 fully saturated rings. The molecule has 2 rings (SSSR count). The van der Waals surface area contributed by atoms with Crippen molar-refractivity contribution >= 4 is 41.5 Å². The van der Waals surface area contributed by atoms with E-state index in [4.69, 9.17) is 19.9 Å². The molecule has 0 radical (unpaired) electrons. The number of nitrogens with two attached hydrogens (primary N) is 1. The Balaban J connectivity index is 0.00000392. The van der Waals surface area contributed by atoms with Gasteiger partial charge in [-0.25, -0.2) is 0 Å². The minimum atomic E-state index is -0.181. The second kappa shape index (κ2) is 11.9. The molecule has 0 aromatic heterocycles. The highest BCUT2D eigenvalue weighted by Gasteiger charge is 2.06. The van der Waals surface area contributed by atoms with Crippen molar-refractivity contribution in [2.45, 2.75) is 0 Å². The third kappa shape index (κ3) is 6.80. The number of hydrogen-bond acceptors (Lipinski definition) is 5. The summed E-state index contributed by atoms with van der Waals surface area (Å²) < 4.78 is 15.5.